The van der Waals surface area contributed by atoms with Crippen LogP contribution in [0, 0.1) is 0 Å². The number of hydrogen-bond donors (Lipinski definition) is 1. The topological polar surface area (TPSA) is 31.9 Å². The van der Waals surface area contributed by atoms with Crippen molar-refractivity contribution in [1.82, 2.24) is 14.9 Å². The van der Waals surface area contributed by atoms with Gasteiger partial charge in [-0.2, -0.15) is 0 Å². The summed E-state index contributed by atoms with van der Waals surface area (Å²) < 4.78 is 0. The Labute approximate surface area is 169 Å². The van der Waals surface area contributed by atoms with Crippen molar-refractivity contribution in [1.29, 1.82) is 0 Å². The second-order valence-corrected chi connectivity index (χ2v) is 8.42. The molecule has 1 aromatic heterocycles. The lowest BCUT2D eigenvalue weighted by Crippen LogP contribution is -2.42. The molecular weight excluding hydrogens is 377 g/mol. The van der Waals surface area contributed by atoms with Gasteiger partial charge < -0.3 is 4.98 Å². The van der Waals surface area contributed by atoms with Crippen LogP contribution >= 0.6 is 23.2 Å². The van der Waals surface area contributed by atoms with Gasteiger partial charge in [0.05, 0.1) is 11.4 Å². The molecule has 0 amide bonds. The average Bonchev–Trinajstić information content (AvgIpc) is 3.11. The molecule has 0 bridgehead atoms. The van der Waals surface area contributed by atoms with E-state index in [9.17, 15) is 0 Å². The lowest BCUT2D eigenvalue weighted by atomic mass is 9.87. The molecule has 5 heteroatoms. The second-order valence-electron chi connectivity index (χ2n) is 7.55. The Kier molecular flexibility index (Phi) is 4.47. The van der Waals surface area contributed by atoms with Crippen molar-refractivity contribution < 1.29 is 0 Å². The number of aryl methyl sites for hydroxylation is 1. The number of aromatic amines is 1. The molecule has 138 valence electrons. The van der Waals surface area contributed by atoms with Crippen LogP contribution in [0.3, 0.4) is 0 Å². The van der Waals surface area contributed by atoms with Gasteiger partial charge in [-0.1, -0.05) is 41.4 Å². The van der Waals surface area contributed by atoms with Crippen molar-refractivity contribution in [3.63, 3.8) is 0 Å². The number of imidazole rings is 1. The molecule has 1 atom stereocenters. The summed E-state index contributed by atoms with van der Waals surface area (Å²) in [7, 11) is 0. The lowest BCUT2D eigenvalue weighted by Gasteiger charge is -2.37. The van der Waals surface area contributed by atoms with Gasteiger partial charge in [-0.05, 0) is 54.7 Å². The highest BCUT2D eigenvalue weighted by Gasteiger charge is 2.29. The summed E-state index contributed by atoms with van der Waals surface area (Å²) in [5, 5.41) is 1.58. The third-order valence-corrected chi connectivity index (χ3v) is 6.32. The molecular formula is C22H21Cl2N3. The zero-order valence-corrected chi connectivity index (χ0v) is 16.5. The number of nitrogens with one attached hydrogen (secondary N) is 1. The van der Waals surface area contributed by atoms with Crippen LogP contribution in [0.15, 0.2) is 42.5 Å². The Hall–Kier alpha value is -1.81. The molecule has 0 saturated carbocycles. The Morgan fingerprint density at radius 2 is 1.89 bits per heavy atom. The van der Waals surface area contributed by atoms with E-state index in [1.165, 1.54) is 28.9 Å². The van der Waals surface area contributed by atoms with Gasteiger partial charge in [0.2, 0.25) is 0 Å². The van der Waals surface area contributed by atoms with E-state index in [1.54, 1.807) is 0 Å². The van der Waals surface area contributed by atoms with Crippen molar-refractivity contribution in [2.24, 2.45) is 0 Å². The SMILES string of the molecule is Clc1cccc(-c2nc3c([nH]2)CN(C2CCc4ccc(Cl)cc4C2)CC3)c1. The van der Waals surface area contributed by atoms with E-state index >= 15 is 0 Å². The largest absolute Gasteiger partial charge is 0.341 e. The quantitative estimate of drug-likeness (QED) is 0.635. The molecule has 1 N–H and O–H groups in total. The maximum Gasteiger partial charge on any atom is 0.137 e. The summed E-state index contributed by atoms with van der Waals surface area (Å²) in [5.41, 5.74) is 6.35. The molecule has 1 aliphatic heterocycles. The summed E-state index contributed by atoms with van der Waals surface area (Å²) in [6, 6.07) is 14.8. The molecule has 0 saturated heterocycles. The van der Waals surface area contributed by atoms with E-state index in [0.29, 0.717) is 6.04 Å². The van der Waals surface area contributed by atoms with Crippen molar-refractivity contribution in [2.75, 3.05) is 6.54 Å². The van der Waals surface area contributed by atoms with Crippen LogP contribution in [0.4, 0.5) is 0 Å². The third kappa shape index (κ3) is 3.40. The molecule has 1 unspecified atom stereocenters. The van der Waals surface area contributed by atoms with E-state index in [-0.39, 0.29) is 0 Å². The van der Waals surface area contributed by atoms with Crippen molar-refractivity contribution >= 4 is 23.2 Å². The number of fused-ring (bicyclic) bond motifs is 2. The number of nitrogens with zero attached hydrogens (tertiary/aromatic N) is 2. The van der Waals surface area contributed by atoms with Crippen LogP contribution < -0.4 is 0 Å². The minimum atomic E-state index is 0.571. The predicted octanol–water partition coefficient (Wildman–Crippen LogP) is 5.30. The van der Waals surface area contributed by atoms with Gasteiger partial charge in [0.15, 0.2) is 0 Å². The standard InChI is InChI=1S/C22H21Cl2N3/c23-17-3-1-2-15(10-17)22-25-20-8-9-27(13-21(20)26-22)19-7-5-14-4-6-18(24)11-16(14)12-19/h1-4,6,10-11,19H,5,7-9,12-13H2,(H,25,26). The fraction of sp³-hybridized carbons (Fsp3) is 0.318. The molecule has 0 spiro atoms. The highest BCUT2D eigenvalue weighted by atomic mass is 35.5. The average molecular weight is 398 g/mol. The van der Waals surface area contributed by atoms with Gasteiger partial charge in [-0.15, -0.1) is 0 Å². The minimum absolute atomic E-state index is 0.571. The molecule has 0 fully saturated rings. The number of hydrogen-bond acceptors (Lipinski definition) is 2. The van der Waals surface area contributed by atoms with E-state index in [4.69, 9.17) is 28.2 Å². The molecule has 1 aliphatic carbocycles. The lowest BCUT2D eigenvalue weighted by molar-refractivity contribution is 0.160. The second kappa shape index (κ2) is 6.97. The van der Waals surface area contributed by atoms with E-state index in [0.717, 1.165) is 53.8 Å². The van der Waals surface area contributed by atoms with E-state index < -0.39 is 0 Å². The van der Waals surface area contributed by atoms with Gasteiger partial charge in [0.1, 0.15) is 5.82 Å². The molecule has 5 rings (SSSR count). The first-order valence-corrected chi connectivity index (χ1v) is 10.3. The fourth-order valence-corrected chi connectivity index (χ4v) is 4.80. The Morgan fingerprint density at radius 1 is 1.00 bits per heavy atom. The molecule has 2 aromatic carbocycles. The number of benzene rings is 2. The first-order valence-electron chi connectivity index (χ1n) is 9.51. The van der Waals surface area contributed by atoms with Gasteiger partial charge in [0.25, 0.3) is 0 Å². The van der Waals surface area contributed by atoms with Crippen molar-refractivity contribution in [2.45, 2.75) is 38.3 Å². The smallest absolute Gasteiger partial charge is 0.137 e. The maximum atomic E-state index is 6.21. The summed E-state index contributed by atoms with van der Waals surface area (Å²) in [5.74, 6) is 0.921. The fourth-order valence-electron chi connectivity index (χ4n) is 4.42. The van der Waals surface area contributed by atoms with Crippen LogP contribution in [0.2, 0.25) is 10.0 Å². The van der Waals surface area contributed by atoms with Crippen molar-refractivity contribution in [3.8, 4) is 11.4 Å². The van der Waals surface area contributed by atoms with Crippen LogP contribution in [0.25, 0.3) is 11.4 Å². The van der Waals surface area contributed by atoms with Crippen LogP contribution in [-0.4, -0.2) is 27.5 Å². The Morgan fingerprint density at radius 3 is 2.78 bits per heavy atom. The van der Waals surface area contributed by atoms with Crippen LogP contribution in [0.1, 0.15) is 28.9 Å². The summed E-state index contributed by atoms with van der Waals surface area (Å²) in [4.78, 5) is 11.0. The summed E-state index contributed by atoms with van der Waals surface area (Å²) in [6.45, 7) is 2.00. The van der Waals surface area contributed by atoms with Crippen LogP contribution in [0.5, 0.6) is 0 Å². The molecule has 27 heavy (non-hydrogen) atoms. The van der Waals surface area contributed by atoms with Gasteiger partial charge in [-0.25, -0.2) is 4.98 Å². The van der Waals surface area contributed by atoms with Crippen LogP contribution in [-0.2, 0) is 25.8 Å². The molecule has 0 radical (unpaired) electrons. The number of H-pyrrole nitrogens is 1. The molecule has 3 aromatic rings. The molecule has 3 nitrogen and oxygen atoms in total. The Balaban J connectivity index is 1.36. The zero-order chi connectivity index (χ0) is 18.4. The number of rotatable bonds is 2. The zero-order valence-electron chi connectivity index (χ0n) is 15.0. The first-order chi connectivity index (χ1) is 13.2. The van der Waals surface area contributed by atoms with E-state index in [2.05, 4.69) is 28.1 Å². The monoisotopic (exact) mass is 397 g/mol. The number of halogens is 2. The first kappa shape index (κ1) is 17.3. The maximum absolute atomic E-state index is 6.21. The minimum Gasteiger partial charge on any atom is -0.341 e. The Bertz CT molecular complexity index is 995. The third-order valence-electron chi connectivity index (χ3n) is 5.85. The molecule has 2 aliphatic rings. The highest BCUT2D eigenvalue weighted by molar-refractivity contribution is 6.31. The predicted molar refractivity (Wildman–Crippen MR) is 110 cm³/mol. The summed E-state index contributed by atoms with van der Waals surface area (Å²) in [6.07, 6.45) is 4.42. The molecule has 2 heterocycles. The van der Waals surface area contributed by atoms with Gasteiger partial charge >= 0.3 is 0 Å². The van der Waals surface area contributed by atoms with Gasteiger partial charge in [0, 0.05) is 41.2 Å². The normalized spacial score (nSPS) is 19.6. The number of aromatic nitrogens is 2. The highest BCUT2D eigenvalue weighted by Crippen LogP contribution is 2.30. The van der Waals surface area contributed by atoms with Crippen molar-refractivity contribution in [3.05, 3.63) is 75.0 Å². The summed E-state index contributed by atoms with van der Waals surface area (Å²) >= 11 is 12.4. The van der Waals surface area contributed by atoms with Gasteiger partial charge in [-0.3, -0.25) is 4.90 Å². The van der Waals surface area contributed by atoms with E-state index in [1.807, 2.05) is 24.3 Å².